The lowest BCUT2D eigenvalue weighted by molar-refractivity contribution is -0.887. The van der Waals surface area contributed by atoms with Crippen molar-refractivity contribution < 1.29 is 38.2 Å². The summed E-state index contributed by atoms with van der Waals surface area (Å²) >= 11 is 0. The Morgan fingerprint density at radius 3 is 1.26 bits per heavy atom. The average molecular weight is 713 g/mol. The molecule has 0 fully saturated rings. The van der Waals surface area contributed by atoms with Gasteiger partial charge in [0.15, 0.2) is 12.1 Å². The van der Waals surface area contributed by atoms with Crippen molar-refractivity contribution in [2.75, 3.05) is 41.0 Å². The fourth-order valence-corrected chi connectivity index (χ4v) is 6.45. The van der Waals surface area contributed by atoms with Crippen LogP contribution in [0.15, 0.2) is 0 Å². The molecule has 0 aromatic carbocycles. The number of carboxylic acids is 1. The first-order chi connectivity index (χ1) is 24.1. The highest BCUT2D eigenvalue weighted by Crippen LogP contribution is 2.16. The highest BCUT2D eigenvalue weighted by Gasteiger charge is 2.31. The Morgan fingerprint density at radius 1 is 0.520 bits per heavy atom. The van der Waals surface area contributed by atoms with Crippen LogP contribution in [-0.2, 0) is 28.6 Å². The van der Waals surface area contributed by atoms with E-state index in [0.717, 1.165) is 44.9 Å². The first-order valence-corrected chi connectivity index (χ1v) is 21.1. The van der Waals surface area contributed by atoms with Gasteiger partial charge in [-0.3, -0.25) is 9.59 Å². The molecule has 0 rings (SSSR count). The van der Waals surface area contributed by atoms with Crippen LogP contribution in [0.4, 0.5) is 0 Å². The highest BCUT2D eigenvalue weighted by atomic mass is 16.6. The summed E-state index contributed by atoms with van der Waals surface area (Å²) in [6.07, 6.45) is 33.5. The number of carboxylic acid groups (broad SMARTS) is 1. The van der Waals surface area contributed by atoms with E-state index in [1.54, 1.807) is 0 Å². The standard InChI is InChI=1S/C42H81NO7/c1-6-8-10-12-13-14-15-16-17-18-19-20-21-22-23-24-25-26-27-28-29-31-33-41(45)50-38(37-49-40(44)32-30-11-9-7-2)36-48-35-34-39(42(46)47)43(3,4)5/h38-39H,6-37H2,1-5H3/p+1. The van der Waals surface area contributed by atoms with Crippen molar-refractivity contribution in [1.29, 1.82) is 0 Å². The number of hydrogen-bond acceptors (Lipinski definition) is 6. The molecular formula is C42H82NO7+. The Bertz CT molecular complexity index is 797. The lowest BCUT2D eigenvalue weighted by Crippen LogP contribution is -2.50. The molecule has 8 heteroatoms. The van der Waals surface area contributed by atoms with E-state index in [1.165, 1.54) is 122 Å². The summed E-state index contributed by atoms with van der Waals surface area (Å²) in [5.74, 6) is -1.47. The number of ether oxygens (including phenoxy) is 3. The highest BCUT2D eigenvalue weighted by molar-refractivity contribution is 5.72. The number of aliphatic carboxylic acids is 1. The van der Waals surface area contributed by atoms with Gasteiger partial charge in [0.2, 0.25) is 0 Å². The van der Waals surface area contributed by atoms with Gasteiger partial charge in [-0.25, -0.2) is 4.79 Å². The van der Waals surface area contributed by atoms with E-state index in [-0.39, 0.29) is 36.2 Å². The van der Waals surface area contributed by atoms with Crippen molar-refractivity contribution in [2.24, 2.45) is 0 Å². The second-order valence-electron chi connectivity index (χ2n) is 15.6. The minimum atomic E-state index is -0.874. The molecule has 0 aromatic rings. The maximum Gasteiger partial charge on any atom is 0.362 e. The number of esters is 2. The zero-order chi connectivity index (χ0) is 37.1. The van der Waals surface area contributed by atoms with Gasteiger partial charge in [-0.2, -0.15) is 0 Å². The van der Waals surface area contributed by atoms with Gasteiger partial charge in [0, 0.05) is 19.3 Å². The molecule has 50 heavy (non-hydrogen) atoms. The molecule has 0 heterocycles. The summed E-state index contributed by atoms with van der Waals surface area (Å²) in [5.41, 5.74) is 0. The fourth-order valence-electron chi connectivity index (χ4n) is 6.45. The van der Waals surface area contributed by atoms with Crippen LogP contribution in [0.25, 0.3) is 0 Å². The minimum absolute atomic E-state index is 0.0462. The van der Waals surface area contributed by atoms with Gasteiger partial charge in [-0.05, 0) is 12.8 Å². The molecule has 0 saturated carbocycles. The number of quaternary nitrogens is 1. The lowest BCUT2D eigenvalue weighted by atomic mass is 10.0. The van der Waals surface area contributed by atoms with Crippen LogP contribution in [0, 0.1) is 0 Å². The van der Waals surface area contributed by atoms with Gasteiger partial charge in [0.25, 0.3) is 0 Å². The summed E-state index contributed by atoms with van der Waals surface area (Å²) in [4.78, 5) is 36.5. The maximum absolute atomic E-state index is 12.6. The van der Waals surface area contributed by atoms with Crippen LogP contribution in [0.1, 0.15) is 200 Å². The molecule has 0 radical (unpaired) electrons. The van der Waals surface area contributed by atoms with Gasteiger partial charge in [0.05, 0.1) is 34.4 Å². The van der Waals surface area contributed by atoms with E-state index >= 15 is 0 Å². The number of carbonyl (C=O) groups is 3. The normalized spacial score (nSPS) is 12.9. The Kier molecular flexibility index (Phi) is 33.3. The SMILES string of the molecule is CCCCCCCCCCCCCCCCCCCCCCCCC(=O)OC(COCCC(C(=O)O)[N+](C)(C)C)COC(=O)CCCCCC. The number of nitrogens with zero attached hydrogens (tertiary/aromatic N) is 1. The van der Waals surface area contributed by atoms with Crippen molar-refractivity contribution in [2.45, 2.75) is 212 Å². The van der Waals surface area contributed by atoms with Crippen LogP contribution in [0.3, 0.4) is 0 Å². The molecular weight excluding hydrogens is 630 g/mol. The van der Waals surface area contributed by atoms with Crippen LogP contribution in [0.5, 0.6) is 0 Å². The number of rotatable bonds is 38. The number of likely N-dealkylation sites (N-methyl/N-ethyl adjacent to an activating group) is 1. The van der Waals surface area contributed by atoms with Gasteiger partial charge in [-0.15, -0.1) is 0 Å². The third-order valence-electron chi connectivity index (χ3n) is 9.76. The minimum Gasteiger partial charge on any atom is -0.477 e. The summed E-state index contributed by atoms with van der Waals surface area (Å²) in [6.45, 7) is 4.64. The Hall–Kier alpha value is -1.67. The summed E-state index contributed by atoms with van der Waals surface area (Å²) < 4.78 is 17.1. The zero-order valence-electron chi connectivity index (χ0n) is 33.6. The Balaban J connectivity index is 4.01. The third-order valence-corrected chi connectivity index (χ3v) is 9.76. The van der Waals surface area contributed by atoms with Crippen LogP contribution in [-0.4, -0.2) is 80.6 Å². The molecule has 0 amide bonds. The third kappa shape index (κ3) is 32.3. The predicted octanol–water partition coefficient (Wildman–Crippen LogP) is 11.0. The topological polar surface area (TPSA) is 99.1 Å². The molecule has 2 unspecified atom stereocenters. The molecule has 0 aliphatic carbocycles. The van der Waals surface area contributed by atoms with Gasteiger partial charge >= 0.3 is 17.9 Å². The fraction of sp³-hybridized carbons (Fsp3) is 0.929. The van der Waals surface area contributed by atoms with Crippen molar-refractivity contribution in [3.05, 3.63) is 0 Å². The van der Waals surface area contributed by atoms with Gasteiger partial charge in [0.1, 0.15) is 6.61 Å². The molecule has 0 saturated heterocycles. The molecule has 0 aromatic heterocycles. The van der Waals surface area contributed by atoms with Crippen molar-refractivity contribution >= 4 is 17.9 Å². The van der Waals surface area contributed by atoms with Crippen LogP contribution >= 0.6 is 0 Å². The zero-order valence-corrected chi connectivity index (χ0v) is 33.6. The van der Waals surface area contributed by atoms with Crippen molar-refractivity contribution in [3.63, 3.8) is 0 Å². The Labute approximate surface area is 308 Å². The smallest absolute Gasteiger partial charge is 0.362 e. The molecule has 0 bridgehead atoms. The van der Waals surface area contributed by atoms with E-state index in [2.05, 4.69) is 13.8 Å². The monoisotopic (exact) mass is 713 g/mol. The van der Waals surface area contributed by atoms with E-state index in [0.29, 0.717) is 19.3 Å². The van der Waals surface area contributed by atoms with Crippen molar-refractivity contribution in [3.8, 4) is 0 Å². The summed E-state index contributed by atoms with van der Waals surface area (Å²) in [5, 5.41) is 9.55. The molecule has 2 atom stereocenters. The lowest BCUT2D eigenvalue weighted by Gasteiger charge is -2.31. The maximum atomic E-state index is 12.6. The van der Waals surface area contributed by atoms with E-state index in [1.807, 2.05) is 21.1 Å². The van der Waals surface area contributed by atoms with E-state index in [9.17, 15) is 19.5 Å². The largest absolute Gasteiger partial charge is 0.477 e. The second kappa shape index (κ2) is 34.4. The van der Waals surface area contributed by atoms with Crippen LogP contribution in [0.2, 0.25) is 0 Å². The average Bonchev–Trinajstić information content (AvgIpc) is 3.06. The van der Waals surface area contributed by atoms with Crippen molar-refractivity contribution in [1.82, 2.24) is 0 Å². The summed E-state index contributed by atoms with van der Waals surface area (Å²) in [7, 11) is 5.52. The predicted molar refractivity (Wildman–Crippen MR) is 206 cm³/mol. The number of carbonyl (C=O) groups excluding carboxylic acids is 2. The molecule has 0 spiro atoms. The molecule has 0 aliphatic heterocycles. The van der Waals surface area contributed by atoms with Gasteiger partial charge < -0.3 is 23.8 Å². The van der Waals surface area contributed by atoms with E-state index in [4.69, 9.17) is 14.2 Å². The van der Waals surface area contributed by atoms with Crippen LogP contribution < -0.4 is 0 Å². The molecule has 8 nitrogen and oxygen atoms in total. The van der Waals surface area contributed by atoms with E-state index < -0.39 is 18.1 Å². The first kappa shape index (κ1) is 48.3. The quantitative estimate of drug-likeness (QED) is 0.0386. The Morgan fingerprint density at radius 2 is 0.880 bits per heavy atom. The number of unbranched alkanes of at least 4 members (excludes halogenated alkanes) is 24. The molecule has 0 aliphatic rings. The molecule has 1 N–H and O–H groups in total. The number of hydrogen-bond donors (Lipinski definition) is 1. The summed E-state index contributed by atoms with van der Waals surface area (Å²) in [6, 6.07) is -0.606. The van der Waals surface area contributed by atoms with Gasteiger partial charge in [-0.1, -0.05) is 168 Å². The second-order valence-corrected chi connectivity index (χ2v) is 15.6. The molecule has 296 valence electrons. The first-order valence-electron chi connectivity index (χ1n) is 21.1.